The van der Waals surface area contributed by atoms with Crippen LogP contribution in [0.1, 0.15) is 38.2 Å². The Bertz CT molecular complexity index is 640. The summed E-state index contributed by atoms with van der Waals surface area (Å²) < 4.78 is 5.81. The third kappa shape index (κ3) is 3.96. The number of carbonyl (C=O) groups is 1. The van der Waals surface area contributed by atoms with Gasteiger partial charge in [-0.3, -0.25) is 4.79 Å². The van der Waals surface area contributed by atoms with Crippen LogP contribution in [0.2, 0.25) is 0 Å². The van der Waals surface area contributed by atoms with Crippen molar-refractivity contribution in [3.05, 3.63) is 29.8 Å². The lowest BCUT2D eigenvalue weighted by Crippen LogP contribution is -2.45. The van der Waals surface area contributed by atoms with Crippen LogP contribution in [0.3, 0.4) is 0 Å². The number of para-hydroxylation sites is 1. The molecule has 2 fully saturated rings. The number of anilines is 1. The van der Waals surface area contributed by atoms with Crippen LogP contribution in [0.15, 0.2) is 24.3 Å². The summed E-state index contributed by atoms with van der Waals surface area (Å²) in [5, 5.41) is 9.33. The molecule has 0 aromatic heterocycles. The van der Waals surface area contributed by atoms with Gasteiger partial charge in [-0.1, -0.05) is 19.1 Å². The lowest BCUT2D eigenvalue weighted by atomic mass is 9.91. The average molecular weight is 341 g/mol. The van der Waals surface area contributed by atoms with Crippen LogP contribution < -0.4 is 4.90 Å². The number of nitrogens with zero attached hydrogens (tertiary/aromatic N) is 3. The van der Waals surface area contributed by atoms with Crippen molar-refractivity contribution in [1.82, 2.24) is 4.90 Å². The first-order valence-corrected chi connectivity index (χ1v) is 9.39. The van der Waals surface area contributed by atoms with Crippen LogP contribution in [-0.4, -0.2) is 49.7 Å². The van der Waals surface area contributed by atoms with Gasteiger partial charge in [0.25, 0.3) is 0 Å². The second kappa shape index (κ2) is 8.35. The summed E-state index contributed by atoms with van der Waals surface area (Å²) in [6, 6.07) is 9.99. The van der Waals surface area contributed by atoms with Gasteiger partial charge in [-0.25, -0.2) is 0 Å². The number of rotatable bonds is 3. The summed E-state index contributed by atoms with van der Waals surface area (Å²) >= 11 is 0. The van der Waals surface area contributed by atoms with E-state index in [1.165, 1.54) is 0 Å². The molecule has 2 atom stereocenters. The van der Waals surface area contributed by atoms with E-state index in [0.717, 1.165) is 57.6 Å². The molecule has 25 heavy (non-hydrogen) atoms. The molecule has 2 heterocycles. The first-order chi connectivity index (χ1) is 12.2. The maximum atomic E-state index is 13.0. The maximum absolute atomic E-state index is 13.0. The minimum atomic E-state index is 0.0108. The van der Waals surface area contributed by atoms with Gasteiger partial charge in [-0.15, -0.1) is 0 Å². The second-order valence-electron chi connectivity index (χ2n) is 6.86. The minimum absolute atomic E-state index is 0.0108. The van der Waals surface area contributed by atoms with Crippen LogP contribution in [-0.2, 0) is 9.53 Å². The van der Waals surface area contributed by atoms with Crippen molar-refractivity contribution in [3.8, 4) is 6.07 Å². The molecule has 1 aromatic carbocycles. The normalized spacial score (nSPS) is 24.5. The molecule has 1 aromatic rings. The van der Waals surface area contributed by atoms with Gasteiger partial charge in [0.05, 0.1) is 23.3 Å². The van der Waals surface area contributed by atoms with Crippen molar-refractivity contribution in [2.24, 2.45) is 5.92 Å². The standard InChI is InChI=1S/C20H27N3O2/c1-2-19-17(8-5-14-25-19)20(24)23-11-6-10-22(12-13-23)18-9-4-3-7-16(18)15-21/h3-4,7,9,17,19H,2,5-6,8,10-14H2,1H3. The Morgan fingerprint density at radius 2 is 2.08 bits per heavy atom. The van der Waals surface area contributed by atoms with E-state index in [2.05, 4.69) is 17.9 Å². The summed E-state index contributed by atoms with van der Waals surface area (Å²) in [5.74, 6) is 0.263. The summed E-state index contributed by atoms with van der Waals surface area (Å²) in [6.45, 7) is 6.03. The lowest BCUT2D eigenvalue weighted by molar-refractivity contribution is -0.145. The molecule has 0 aliphatic carbocycles. The average Bonchev–Trinajstić information content (AvgIpc) is 2.93. The van der Waals surface area contributed by atoms with E-state index in [1.54, 1.807) is 0 Å². The molecule has 0 N–H and O–H groups in total. The van der Waals surface area contributed by atoms with E-state index in [9.17, 15) is 10.1 Å². The molecular formula is C20H27N3O2. The highest BCUT2D eigenvalue weighted by Gasteiger charge is 2.34. The third-order valence-electron chi connectivity index (χ3n) is 5.33. The molecule has 5 nitrogen and oxygen atoms in total. The van der Waals surface area contributed by atoms with Crippen molar-refractivity contribution < 1.29 is 9.53 Å². The predicted molar refractivity (Wildman–Crippen MR) is 97.3 cm³/mol. The van der Waals surface area contributed by atoms with E-state index in [4.69, 9.17) is 4.74 Å². The molecule has 2 aliphatic heterocycles. The van der Waals surface area contributed by atoms with Gasteiger partial charge in [0.1, 0.15) is 6.07 Å². The number of nitriles is 1. The zero-order valence-corrected chi connectivity index (χ0v) is 15.0. The fourth-order valence-electron chi connectivity index (χ4n) is 3.98. The van der Waals surface area contributed by atoms with Gasteiger partial charge < -0.3 is 14.5 Å². The zero-order chi connectivity index (χ0) is 17.6. The van der Waals surface area contributed by atoms with Crippen LogP contribution in [0.4, 0.5) is 5.69 Å². The Kier molecular flexibility index (Phi) is 5.93. The van der Waals surface area contributed by atoms with Crippen molar-refractivity contribution in [1.29, 1.82) is 5.26 Å². The van der Waals surface area contributed by atoms with E-state index in [0.29, 0.717) is 12.1 Å². The number of amides is 1. The number of carbonyl (C=O) groups excluding carboxylic acids is 1. The van der Waals surface area contributed by atoms with Crippen molar-refractivity contribution in [2.45, 2.75) is 38.7 Å². The van der Waals surface area contributed by atoms with Crippen molar-refractivity contribution in [2.75, 3.05) is 37.7 Å². The summed E-state index contributed by atoms with van der Waals surface area (Å²) in [5.41, 5.74) is 1.68. The first kappa shape index (κ1) is 17.8. The smallest absolute Gasteiger partial charge is 0.228 e. The third-order valence-corrected chi connectivity index (χ3v) is 5.33. The van der Waals surface area contributed by atoms with E-state index < -0.39 is 0 Å². The topological polar surface area (TPSA) is 56.6 Å². The number of ether oxygens (including phenoxy) is 1. The molecule has 0 saturated carbocycles. The van der Waals surface area contributed by atoms with Crippen LogP contribution in [0.5, 0.6) is 0 Å². The molecule has 5 heteroatoms. The van der Waals surface area contributed by atoms with E-state index in [-0.39, 0.29) is 17.9 Å². The van der Waals surface area contributed by atoms with Gasteiger partial charge in [-0.2, -0.15) is 5.26 Å². The van der Waals surface area contributed by atoms with Crippen LogP contribution in [0, 0.1) is 17.2 Å². The number of hydrogen-bond acceptors (Lipinski definition) is 4. The number of hydrogen-bond donors (Lipinski definition) is 0. The van der Waals surface area contributed by atoms with Gasteiger partial charge in [0.2, 0.25) is 5.91 Å². The molecule has 1 amide bonds. The van der Waals surface area contributed by atoms with Gasteiger partial charge in [-0.05, 0) is 37.8 Å². The first-order valence-electron chi connectivity index (χ1n) is 9.39. The summed E-state index contributed by atoms with van der Waals surface area (Å²) in [4.78, 5) is 17.3. The lowest BCUT2D eigenvalue weighted by Gasteiger charge is -2.34. The number of benzene rings is 1. The van der Waals surface area contributed by atoms with Crippen molar-refractivity contribution in [3.63, 3.8) is 0 Å². The highest BCUT2D eigenvalue weighted by molar-refractivity contribution is 5.79. The largest absolute Gasteiger partial charge is 0.377 e. The Hall–Kier alpha value is -2.06. The molecular weight excluding hydrogens is 314 g/mol. The molecule has 2 unspecified atom stereocenters. The minimum Gasteiger partial charge on any atom is -0.377 e. The molecule has 2 aliphatic rings. The SMILES string of the molecule is CCC1OCCCC1C(=O)N1CCCN(c2ccccc2C#N)CC1. The van der Waals surface area contributed by atoms with Gasteiger partial charge in [0, 0.05) is 32.8 Å². The monoisotopic (exact) mass is 341 g/mol. The fourth-order valence-corrected chi connectivity index (χ4v) is 3.98. The predicted octanol–water partition coefficient (Wildman–Crippen LogP) is 2.80. The zero-order valence-electron chi connectivity index (χ0n) is 15.0. The highest BCUT2D eigenvalue weighted by atomic mass is 16.5. The van der Waals surface area contributed by atoms with E-state index >= 15 is 0 Å². The maximum Gasteiger partial charge on any atom is 0.228 e. The Morgan fingerprint density at radius 1 is 1.24 bits per heavy atom. The van der Waals surface area contributed by atoms with Crippen LogP contribution >= 0.6 is 0 Å². The molecule has 0 radical (unpaired) electrons. The van der Waals surface area contributed by atoms with Gasteiger partial charge in [0.15, 0.2) is 0 Å². The molecule has 134 valence electrons. The molecule has 0 bridgehead atoms. The van der Waals surface area contributed by atoms with Crippen molar-refractivity contribution >= 4 is 11.6 Å². The highest BCUT2D eigenvalue weighted by Crippen LogP contribution is 2.26. The molecule has 3 rings (SSSR count). The van der Waals surface area contributed by atoms with Crippen LogP contribution in [0.25, 0.3) is 0 Å². The Labute approximate surface area is 150 Å². The summed E-state index contributed by atoms with van der Waals surface area (Å²) in [7, 11) is 0. The second-order valence-corrected chi connectivity index (χ2v) is 6.86. The van der Waals surface area contributed by atoms with E-state index in [1.807, 2.05) is 29.2 Å². The Balaban J connectivity index is 1.67. The fraction of sp³-hybridized carbons (Fsp3) is 0.600. The van der Waals surface area contributed by atoms with Gasteiger partial charge >= 0.3 is 0 Å². The molecule has 0 spiro atoms. The quantitative estimate of drug-likeness (QED) is 0.848. The molecule has 2 saturated heterocycles. The summed E-state index contributed by atoms with van der Waals surface area (Å²) in [6.07, 6.45) is 3.80. The Morgan fingerprint density at radius 3 is 2.88 bits per heavy atom.